The van der Waals surface area contributed by atoms with Crippen molar-refractivity contribution in [2.24, 2.45) is 5.73 Å². The summed E-state index contributed by atoms with van der Waals surface area (Å²) in [6, 6.07) is 3.29. The molecule has 0 atom stereocenters. The molecule has 17 heavy (non-hydrogen) atoms. The summed E-state index contributed by atoms with van der Waals surface area (Å²) in [6.07, 6.45) is 0. The summed E-state index contributed by atoms with van der Waals surface area (Å²) in [5.74, 6) is -0.210. The van der Waals surface area contributed by atoms with E-state index in [0.717, 1.165) is 0 Å². The van der Waals surface area contributed by atoms with Gasteiger partial charge in [-0.05, 0) is 26.0 Å². The molecule has 0 aliphatic carbocycles. The highest BCUT2D eigenvalue weighted by Gasteiger charge is 2.10. The molecule has 1 heterocycles. The van der Waals surface area contributed by atoms with E-state index in [1.54, 1.807) is 19.1 Å². The van der Waals surface area contributed by atoms with Gasteiger partial charge in [0, 0.05) is 12.2 Å². The van der Waals surface area contributed by atoms with Crippen molar-refractivity contribution in [1.82, 2.24) is 9.88 Å². The fourth-order valence-corrected chi connectivity index (χ4v) is 1.61. The van der Waals surface area contributed by atoms with E-state index in [0.29, 0.717) is 12.2 Å². The maximum Gasteiger partial charge on any atom is 0.261 e. The molecule has 0 saturated carbocycles. The van der Waals surface area contributed by atoms with Gasteiger partial charge in [-0.2, -0.15) is 0 Å². The fourth-order valence-electron chi connectivity index (χ4n) is 1.45. The van der Waals surface area contributed by atoms with E-state index in [-0.39, 0.29) is 28.6 Å². The quantitative estimate of drug-likeness (QED) is 0.736. The minimum Gasteiger partial charge on any atom is -0.389 e. The predicted molar refractivity (Wildman–Crippen MR) is 70.0 cm³/mol. The molecule has 1 amide bonds. The van der Waals surface area contributed by atoms with Crippen LogP contribution in [-0.4, -0.2) is 22.0 Å². The summed E-state index contributed by atoms with van der Waals surface area (Å²) in [5.41, 5.74) is 6.07. The Morgan fingerprint density at radius 1 is 1.53 bits per heavy atom. The van der Waals surface area contributed by atoms with E-state index in [1.165, 1.54) is 4.57 Å². The van der Waals surface area contributed by atoms with E-state index in [4.69, 9.17) is 18.0 Å². The van der Waals surface area contributed by atoms with Gasteiger partial charge in [-0.3, -0.25) is 9.59 Å². The third kappa shape index (κ3) is 3.13. The molecule has 6 heteroatoms. The van der Waals surface area contributed by atoms with Gasteiger partial charge in [-0.1, -0.05) is 12.2 Å². The van der Waals surface area contributed by atoms with Crippen molar-refractivity contribution in [2.45, 2.75) is 20.4 Å². The van der Waals surface area contributed by atoms with Crippen LogP contribution in [0.1, 0.15) is 18.2 Å². The number of nitrogens with two attached hydrogens (primary N) is 1. The number of thiocarbonyl (C=S) groups is 1. The van der Waals surface area contributed by atoms with Crippen molar-refractivity contribution in [3.63, 3.8) is 0 Å². The highest BCUT2D eigenvalue weighted by atomic mass is 32.1. The van der Waals surface area contributed by atoms with Gasteiger partial charge in [0.2, 0.25) is 5.91 Å². The van der Waals surface area contributed by atoms with Crippen molar-refractivity contribution >= 4 is 23.1 Å². The molecule has 0 aliphatic rings. The summed E-state index contributed by atoms with van der Waals surface area (Å²) >= 11 is 4.78. The minimum atomic E-state index is -0.330. The molecular weight excluding hydrogens is 238 g/mol. The predicted octanol–water partition coefficient (Wildman–Crippen LogP) is -0.0730. The topological polar surface area (TPSA) is 77.1 Å². The molecule has 5 nitrogen and oxygen atoms in total. The van der Waals surface area contributed by atoms with Crippen molar-refractivity contribution in [2.75, 3.05) is 6.54 Å². The molecule has 92 valence electrons. The monoisotopic (exact) mass is 253 g/mol. The first-order valence-corrected chi connectivity index (χ1v) is 5.65. The highest BCUT2D eigenvalue weighted by Crippen LogP contribution is 1.98. The van der Waals surface area contributed by atoms with Crippen LogP contribution in [0.4, 0.5) is 0 Å². The smallest absolute Gasteiger partial charge is 0.261 e. The van der Waals surface area contributed by atoms with E-state index in [1.807, 2.05) is 6.92 Å². The van der Waals surface area contributed by atoms with Crippen LogP contribution in [0.2, 0.25) is 0 Å². The number of amides is 1. The number of carbonyl (C=O) groups excluding carboxylic acids is 1. The van der Waals surface area contributed by atoms with Crippen molar-refractivity contribution in [3.8, 4) is 0 Å². The number of aromatic nitrogens is 1. The molecule has 0 aliphatic heterocycles. The Kier molecular flexibility index (Phi) is 4.39. The molecule has 3 N–H and O–H groups in total. The molecule has 1 aromatic rings. The molecule has 0 radical (unpaired) electrons. The lowest BCUT2D eigenvalue weighted by Gasteiger charge is -2.11. The Bertz CT molecular complexity index is 508. The zero-order valence-electron chi connectivity index (χ0n) is 9.82. The van der Waals surface area contributed by atoms with Gasteiger partial charge in [0.1, 0.15) is 11.5 Å². The zero-order valence-corrected chi connectivity index (χ0v) is 10.6. The van der Waals surface area contributed by atoms with E-state index >= 15 is 0 Å². The lowest BCUT2D eigenvalue weighted by atomic mass is 10.2. The number of nitrogens with zero attached hydrogens (tertiary/aromatic N) is 1. The molecule has 1 aromatic heterocycles. The summed E-state index contributed by atoms with van der Waals surface area (Å²) in [4.78, 5) is 23.5. The molecule has 0 saturated heterocycles. The number of aryl methyl sites for hydroxylation is 1. The number of likely N-dealkylation sites (N-methyl/N-ethyl adjacent to an activating group) is 1. The lowest BCUT2D eigenvalue weighted by Crippen LogP contribution is -2.36. The SMILES string of the molecule is CCNC(=O)Cn1c(C)ccc(C(N)=S)c1=O. The van der Waals surface area contributed by atoms with Crippen LogP contribution in [0, 0.1) is 6.92 Å². The van der Waals surface area contributed by atoms with Crippen molar-refractivity contribution in [1.29, 1.82) is 0 Å². The maximum absolute atomic E-state index is 12.0. The normalized spacial score (nSPS) is 10.0. The number of hydrogen-bond donors (Lipinski definition) is 2. The Morgan fingerprint density at radius 2 is 2.18 bits per heavy atom. The fraction of sp³-hybridized carbons (Fsp3) is 0.364. The second kappa shape index (κ2) is 5.58. The minimum absolute atomic E-state index is 0.0189. The van der Waals surface area contributed by atoms with Crippen LogP contribution in [-0.2, 0) is 11.3 Å². The lowest BCUT2D eigenvalue weighted by molar-refractivity contribution is -0.121. The number of hydrogen-bond acceptors (Lipinski definition) is 3. The second-order valence-electron chi connectivity index (χ2n) is 3.60. The van der Waals surface area contributed by atoms with Gasteiger partial charge < -0.3 is 15.6 Å². The second-order valence-corrected chi connectivity index (χ2v) is 4.04. The van der Waals surface area contributed by atoms with Gasteiger partial charge in [0.25, 0.3) is 5.56 Å². The molecule has 0 aromatic carbocycles. The maximum atomic E-state index is 12.0. The Hall–Kier alpha value is -1.69. The Labute approximate surface area is 105 Å². The largest absolute Gasteiger partial charge is 0.389 e. The van der Waals surface area contributed by atoms with Crippen LogP contribution < -0.4 is 16.6 Å². The first-order valence-electron chi connectivity index (χ1n) is 5.24. The third-order valence-electron chi connectivity index (χ3n) is 2.33. The summed E-state index contributed by atoms with van der Waals surface area (Å²) < 4.78 is 1.36. The van der Waals surface area contributed by atoms with Gasteiger partial charge in [-0.25, -0.2) is 0 Å². The van der Waals surface area contributed by atoms with Gasteiger partial charge in [0.05, 0.1) is 5.56 Å². The van der Waals surface area contributed by atoms with Crippen LogP contribution in [0.25, 0.3) is 0 Å². The van der Waals surface area contributed by atoms with E-state index in [2.05, 4.69) is 5.32 Å². The summed E-state index contributed by atoms with van der Waals surface area (Å²) in [7, 11) is 0. The standard InChI is InChI=1S/C11H15N3O2S/c1-3-13-9(15)6-14-7(2)4-5-8(10(12)17)11(14)16/h4-5H,3,6H2,1-2H3,(H2,12,17)(H,13,15). The molecule has 0 unspecified atom stereocenters. The van der Waals surface area contributed by atoms with Crippen LogP contribution in [0.3, 0.4) is 0 Å². The number of pyridine rings is 1. The summed E-state index contributed by atoms with van der Waals surface area (Å²) in [6.45, 7) is 4.08. The van der Waals surface area contributed by atoms with Crippen molar-refractivity contribution < 1.29 is 4.79 Å². The van der Waals surface area contributed by atoms with Crippen LogP contribution in [0.15, 0.2) is 16.9 Å². The van der Waals surface area contributed by atoms with Crippen LogP contribution in [0.5, 0.6) is 0 Å². The molecule has 0 fully saturated rings. The van der Waals surface area contributed by atoms with Crippen LogP contribution >= 0.6 is 12.2 Å². The third-order valence-corrected chi connectivity index (χ3v) is 2.55. The van der Waals surface area contributed by atoms with E-state index in [9.17, 15) is 9.59 Å². The Morgan fingerprint density at radius 3 is 2.71 bits per heavy atom. The van der Waals surface area contributed by atoms with Crippen molar-refractivity contribution in [3.05, 3.63) is 33.7 Å². The zero-order chi connectivity index (χ0) is 13.0. The molecule has 0 spiro atoms. The molecule has 1 rings (SSSR count). The highest BCUT2D eigenvalue weighted by molar-refractivity contribution is 7.80. The Balaban J connectivity index is 3.15. The van der Waals surface area contributed by atoms with Gasteiger partial charge in [0.15, 0.2) is 0 Å². The van der Waals surface area contributed by atoms with Gasteiger partial charge in [-0.15, -0.1) is 0 Å². The first kappa shape index (κ1) is 13.4. The number of rotatable bonds is 4. The average molecular weight is 253 g/mol. The number of carbonyl (C=O) groups is 1. The molecule has 0 bridgehead atoms. The van der Waals surface area contributed by atoms with E-state index < -0.39 is 0 Å². The first-order chi connectivity index (χ1) is 7.97. The summed E-state index contributed by atoms with van der Waals surface area (Å²) in [5, 5.41) is 2.63. The number of nitrogens with one attached hydrogen (secondary N) is 1. The van der Waals surface area contributed by atoms with Gasteiger partial charge >= 0.3 is 0 Å². The molecular formula is C11H15N3O2S. The average Bonchev–Trinajstić information content (AvgIpc) is 2.24.